The summed E-state index contributed by atoms with van der Waals surface area (Å²) in [5, 5.41) is 0. The highest BCUT2D eigenvalue weighted by molar-refractivity contribution is 5.83. The van der Waals surface area contributed by atoms with E-state index in [9.17, 15) is 4.79 Å². The van der Waals surface area contributed by atoms with Gasteiger partial charge in [0.2, 0.25) is 0 Å². The first-order valence-electron chi connectivity index (χ1n) is 4.64. The van der Waals surface area contributed by atoms with E-state index in [0.717, 1.165) is 6.42 Å². The van der Waals surface area contributed by atoms with Crippen LogP contribution in [-0.4, -0.2) is 10.6 Å². The average molecular weight is 167 g/mol. The Labute approximate surface area is 74.9 Å². The minimum atomic E-state index is 0.234. The van der Waals surface area contributed by atoms with Crippen molar-refractivity contribution in [1.82, 2.24) is 0 Å². The first kappa shape index (κ1) is 9.50. The first-order valence-corrected chi connectivity index (χ1v) is 4.64. The summed E-state index contributed by atoms with van der Waals surface area (Å²) in [6, 6.07) is 0. The summed E-state index contributed by atoms with van der Waals surface area (Å²) in [4.78, 5) is 9.56. The SMILES string of the molecule is CC(=[OH+])[C@@H]1C(C)=CCCC1(C)C. The fourth-order valence-electron chi connectivity index (χ4n) is 2.45. The molecule has 12 heavy (non-hydrogen) atoms. The van der Waals surface area contributed by atoms with Gasteiger partial charge in [0.05, 0.1) is 5.92 Å². The second-order valence-electron chi connectivity index (χ2n) is 4.55. The van der Waals surface area contributed by atoms with Crippen LogP contribution < -0.4 is 0 Å². The molecule has 1 N–H and O–H groups in total. The van der Waals surface area contributed by atoms with Gasteiger partial charge in [0.25, 0.3) is 5.78 Å². The summed E-state index contributed by atoms with van der Waals surface area (Å²) >= 11 is 0. The molecular formula is C11H19O+. The Morgan fingerprint density at radius 1 is 1.58 bits per heavy atom. The second-order valence-corrected chi connectivity index (χ2v) is 4.55. The van der Waals surface area contributed by atoms with Gasteiger partial charge in [-0.2, -0.15) is 0 Å². The van der Waals surface area contributed by atoms with Gasteiger partial charge in [0.1, 0.15) is 0 Å². The minimum Gasteiger partial charge on any atom is -0.283 e. The maximum Gasteiger partial charge on any atom is 0.297 e. The van der Waals surface area contributed by atoms with Crippen molar-refractivity contribution in [2.45, 2.75) is 40.5 Å². The molecule has 0 aromatic heterocycles. The van der Waals surface area contributed by atoms with Crippen molar-refractivity contribution in [1.29, 1.82) is 0 Å². The van der Waals surface area contributed by atoms with Crippen molar-refractivity contribution in [3.05, 3.63) is 11.6 Å². The maximum atomic E-state index is 9.56. The number of ketones is 1. The van der Waals surface area contributed by atoms with Crippen LogP contribution in [0.25, 0.3) is 0 Å². The Hall–Kier alpha value is -0.590. The van der Waals surface area contributed by atoms with Gasteiger partial charge >= 0.3 is 0 Å². The van der Waals surface area contributed by atoms with Gasteiger partial charge in [-0.15, -0.1) is 0 Å². The fraction of sp³-hybridized carbons (Fsp3) is 0.727. The number of hydrogen-bond donors (Lipinski definition) is 0. The summed E-state index contributed by atoms with van der Waals surface area (Å²) in [7, 11) is 0. The van der Waals surface area contributed by atoms with Gasteiger partial charge in [0.15, 0.2) is 0 Å². The Morgan fingerprint density at radius 3 is 2.50 bits per heavy atom. The first-order chi connectivity index (χ1) is 5.45. The molecule has 1 aliphatic carbocycles. The molecule has 0 spiro atoms. The van der Waals surface area contributed by atoms with Crippen molar-refractivity contribution < 1.29 is 4.79 Å². The highest BCUT2D eigenvalue weighted by Gasteiger charge is 2.38. The molecule has 1 atom stereocenters. The molecular weight excluding hydrogens is 148 g/mol. The highest BCUT2D eigenvalue weighted by Crippen LogP contribution is 2.40. The summed E-state index contributed by atoms with van der Waals surface area (Å²) in [5.41, 5.74) is 1.56. The van der Waals surface area contributed by atoms with Gasteiger partial charge in [-0.25, -0.2) is 0 Å². The second kappa shape index (κ2) is 3.04. The van der Waals surface area contributed by atoms with Gasteiger partial charge < -0.3 is 0 Å². The van der Waals surface area contributed by atoms with Gasteiger partial charge in [0, 0.05) is 6.92 Å². The van der Waals surface area contributed by atoms with E-state index in [-0.39, 0.29) is 11.3 Å². The van der Waals surface area contributed by atoms with E-state index in [4.69, 9.17) is 0 Å². The van der Waals surface area contributed by atoms with E-state index in [0.29, 0.717) is 5.78 Å². The monoisotopic (exact) mass is 167 g/mol. The molecule has 0 saturated heterocycles. The smallest absolute Gasteiger partial charge is 0.283 e. The van der Waals surface area contributed by atoms with Crippen molar-refractivity contribution in [3.8, 4) is 0 Å². The van der Waals surface area contributed by atoms with E-state index in [2.05, 4.69) is 26.8 Å². The molecule has 1 aliphatic rings. The van der Waals surface area contributed by atoms with Crippen molar-refractivity contribution in [3.63, 3.8) is 0 Å². The van der Waals surface area contributed by atoms with Crippen LogP contribution >= 0.6 is 0 Å². The zero-order valence-corrected chi connectivity index (χ0v) is 8.52. The molecule has 0 heterocycles. The lowest BCUT2D eigenvalue weighted by atomic mass is 9.67. The molecule has 68 valence electrons. The molecule has 0 aromatic rings. The highest BCUT2D eigenvalue weighted by atomic mass is 16.1. The van der Waals surface area contributed by atoms with E-state index in [1.54, 1.807) is 0 Å². The number of carbonyl (C=O) groups excluding carboxylic acids is 1. The lowest BCUT2D eigenvalue weighted by molar-refractivity contribution is 0.262. The number of allylic oxidation sites excluding steroid dienone is 2. The van der Waals surface area contributed by atoms with Crippen LogP contribution in [-0.2, 0) is 0 Å². The van der Waals surface area contributed by atoms with E-state index < -0.39 is 0 Å². The van der Waals surface area contributed by atoms with Crippen LogP contribution in [0.3, 0.4) is 0 Å². The fourth-order valence-corrected chi connectivity index (χ4v) is 2.45. The van der Waals surface area contributed by atoms with Crippen LogP contribution in [0.5, 0.6) is 0 Å². The Bertz CT molecular complexity index is 223. The summed E-state index contributed by atoms with van der Waals surface area (Å²) < 4.78 is 0. The molecule has 0 aliphatic heterocycles. The average Bonchev–Trinajstić information content (AvgIpc) is 1.82. The van der Waals surface area contributed by atoms with Gasteiger partial charge in [-0.3, -0.25) is 4.79 Å². The van der Waals surface area contributed by atoms with Crippen LogP contribution in [0, 0.1) is 11.3 Å². The molecule has 0 saturated carbocycles. The zero-order chi connectivity index (χ0) is 9.35. The molecule has 0 radical (unpaired) electrons. The van der Waals surface area contributed by atoms with Crippen LogP contribution in [0.15, 0.2) is 11.6 Å². The molecule has 0 amide bonds. The Kier molecular flexibility index (Phi) is 2.41. The molecule has 1 heteroatoms. The zero-order valence-electron chi connectivity index (χ0n) is 8.52. The lowest BCUT2D eigenvalue weighted by Gasteiger charge is -2.34. The Morgan fingerprint density at radius 2 is 2.17 bits per heavy atom. The lowest BCUT2D eigenvalue weighted by Crippen LogP contribution is -2.33. The molecule has 0 unspecified atom stereocenters. The molecule has 0 aromatic carbocycles. The number of rotatable bonds is 1. The van der Waals surface area contributed by atoms with E-state index in [1.165, 1.54) is 12.0 Å². The third-order valence-electron chi connectivity index (χ3n) is 2.91. The third-order valence-corrected chi connectivity index (χ3v) is 2.91. The van der Waals surface area contributed by atoms with Crippen LogP contribution in [0.2, 0.25) is 0 Å². The van der Waals surface area contributed by atoms with Crippen LogP contribution in [0.4, 0.5) is 0 Å². The van der Waals surface area contributed by atoms with Gasteiger partial charge in [-0.1, -0.05) is 25.5 Å². The quantitative estimate of drug-likeness (QED) is 0.423. The molecule has 0 bridgehead atoms. The van der Waals surface area contributed by atoms with Crippen LogP contribution in [0.1, 0.15) is 40.5 Å². The predicted molar refractivity (Wildman–Crippen MR) is 52.9 cm³/mol. The van der Waals surface area contributed by atoms with E-state index >= 15 is 0 Å². The number of hydrogen-bond acceptors (Lipinski definition) is 0. The minimum absolute atomic E-state index is 0.234. The van der Waals surface area contributed by atoms with Crippen molar-refractivity contribution in [2.24, 2.45) is 11.3 Å². The Balaban J connectivity index is 2.96. The largest absolute Gasteiger partial charge is 0.297 e. The molecule has 1 nitrogen and oxygen atoms in total. The summed E-state index contributed by atoms with van der Waals surface area (Å²) in [5.74, 6) is 0.833. The van der Waals surface area contributed by atoms with Crippen molar-refractivity contribution >= 4 is 5.78 Å². The normalized spacial score (nSPS) is 28.0. The topological polar surface area (TPSA) is 21.4 Å². The third kappa shape index (κ3) is 1.60. The van der Waals surface area contributed by atoms with Crippen molar-refractivity contribution in [2.75, 3.05) is 0 Å². The van der Waals surface area contributed by atoms with E-state index in [1.807, 2.05) is 6.92 Å². The molecule has 0 fully saturated rings. The standard InChI is InChI=1S/C11H18O/c1-8-6-5-7-11(3,4)10(8)9(2)12/h6,10H,5,7H2,1-4H3/p+1/t10-/m0/s1. The summed E-state index contributed by atoms with van der Waals surface area (Å²) in [6.07, 6.45) is 4.57. The summed E-state index contributed by atoms with van der Waals surface area (Å²) in [6.45, 7) is 8.39. The van der Waals surface area contributed by atoms with Gasteiger partial charge in [-0.05, 0) is 25.2 Å². The maximum absolute atomic E-state index is 9.56. The molecule has 1 rings (SSSR count). The predicted octanol–water partition coefficient (Wildman–Crippen LogP) is 2.93.